The van der Waals surface area contributed by atoms with Crippen LogP contribution in [-0.4, -0.2) is 36.9 Å². The van der Waals surface area contributed by atoms with E-state index in [4.69, 9.17) is 0 Å². The lowest BCUT2D eigenvalue weighted by Gasteiger charge is -2.31. The number of aromatic nitrogens is 1. The monoisotopic (exact) mass is 346 g/mol. The van der Waals surface area contributed by atoms with Crippen LogP contribution in [-0.2, 0) is 6.54 Å². The molecule has 0 spiro atoms. The normalized spacial score (nSPS) is 21.9. The van der Waals surface area contributed by atoms with Crippen molar-refractivity contribution in [3.63, 3.8) is 0 Å². The molecular weight excluding hydrogens is 321 g/mol. The summed E-state index contributed by atoms with van der Waals surface area (Å²) in [4.78, 5) is 3.80. The fourth-order valence-electron chi connectivity index (χ4n) is 2.85. The van der Waals surface area contributed by atoms with E-state index in [9.17, 15) is 13.2 Å². The minimum atomic E-state index is -4.36. The van der Waals surface area contributed by atoms with E-state index in [1.165, 1.54) is 12.3 Å². The second kappa shape index (κ2) is 7.67. The Balaban J connectivity index is 1.82. The van der Waals surface area contributed by atoms with Crippen LogP contribution in [0.1, 0.15) is 26.3 Å². The van der Waals surface area contributed by atoms with E-state index in [0.717, 1.165) is 18.7 Å². The number of hydrogen-bond acceptors (Lipinski definition) is 5. The molecule has 2 unspecified atom stereocenters. The first-order valence-corrected chi connectivity index (χ1v) is 7.99. The summed E-state index contributed by atoms with van der Waals surface area (Å²) in [7, 11) is 0. The Morgan fingerprint density at radius 2 is 2.08 bits per heavy atom. The SMILES string of the molecule is CC(C)(C)C1NNCC1CNCc1ccnc(OCC(F)(F)F)c1. The number of pyridine rings is 1. The van der Waals surface area contributed by atoms with Crippen LogP contribution in [0.25, 0.3) is 0 Å². The molecule has 2 atom stereocenters. The number of alkyl halides is 3. The number of nitrogens with one attached hydrogen (secondary N) is 3. The average molecular weight is 346 g/mol. The Labute approximate surface area is 140 Å². The second-order valence-electron chi connectivity index (χ2n) is 7.17. The molecule has 1 fully saturated rings. The van der Waals surface area contributed by atoms with Gasteiger partial charge in [-0.15, -0.1) is 0 Å². The van der Waals surface area contributed by atoms with Crippen molar-refractivity contribution in [1.29, 1.82) is 0 Å². The zero-order chi connectivity index (χ0) is 17.8. The molecule has 1 aliphatic rings. The van der Waals surface area contributed by atoms with Crippen molar-refractivity contribution in [2.24, 2.45) is 11.3 Å². The van der Waals surface area contributed by atoms with Crippen LogP contribution >= 0.6 is 0 Å². The Bertz CT molecular complexity index is 531. The highest BCUT2D eigenvalue weighted by Crippen LogP contribution is 2.27. The van der Waals surface area contributed by atoms with Crippen LogP contribution in [0.3, 0.4) is 0 Å². The predicted molar refractivity (Wildman–Crippen MR) is 85.4 cm³/mol. The molecule has 0 aromatic carbocycles. The molecule has 0 bridgehead atoms. The largest absolute Gasteiger partial charge is 0.468 e. The summed E-state index contributed by atoms with van der Waals surface area (Å²) in [5, 5.41) is 3.36. The quantitative estimate of drug-likeness (QED) is 0.738. The van der Waals surface area contributed by atoms with Crippen molar-refractivity contribution < 1.29 is 17.9 Å². The number of hydrazine groups is 1. The fraction of sp³-hybridized carbons (Fsp3) is 0.688. The first-order chi connectivity index (χ1) is 11.1. The van der Waals surface area contributed by atoms with Crippen molar-refractivity contribution >= 4 is 0 Å². The third-order valence-electron chi connectivity index (χ3n) is 3.94. The highest BCUT2D eigenvalue weighted by atomic mass is 19.4. The number of rotatable bonds is 6. The lowest BCUT2D eigenvalue weighted by atomic mass is 9.80. The van der Waals surface area contributed by atoms with Gasteiger partial charge in [-0.25, -0.2) is 4.98 Å². The molecule has 2 heterocycles. The van der Waals surface area contributed by atoms with Crippen LogP contribution in [0.5, 0.6) is 5.88 Å². The molecule has 5 nitrogen and oxygen atoms in total. The van der Waals surface area contributed by atoms with Crippen LogP contribution < -0.4 is 20.9 Å². The number of nitrogens with zero attached hydrogens (tertiary/aromatic N) is 1. The maximum absolute atomic E-state index is 12.2. The molecule has 1 aliphatic heterocycles. The number of halogens is 3. The lowest BCUT2D eigenvalue weighted by Crippen LogP contribution is -2.44. The molecule has 136 valence electrons. The van der Waals surface area contributed by atoms with Gasteiger partial charge in [-0.3, -0.25) is 10.9 Å². The summed E-state index contributed by atoms with van der Waals surface area (Å²) >= 11 is 0. The minimum Gasteiger partial charge on any atom is -0.468 e. The van der Waals surface area contributed by atoms with Gasteiger partial charge in [0.2, 0.25) is 5.88 Å². The van der Waals surface area contributed by atoms with Gasteiger partial charge in [0.25, 0.3) is 0 Å². The summed E-state index contributed by atoms with van der Waals surface area (Å²) in [6.07, 6.45) is -2.90. The summed E-state index contributed by atoms with van der Waals surface area (Å²) in [5.74, 6) is 0.427. The van der Waals surface area contributed by atoms with Gasteiger partial charge >= 0.3 is 6.18 Å². The van der Waals surface area contributed by atoms with E-state index in [2.05, 4.69) is 46.7 Å². The van der Waals surface area contributed by atoms with Crippen molar-refractivity contribution in [3.05, 3.63) is 23.9 Å². The highest BCUT2D eigenvalue weighted by Gasteiger charge is 2.35. The van der Waals surface area contributed by atoms with Gasteiger partial charge < -0.3 is 10.1 Å². The Morgan fingerprint density at radius 3 is 2.75 bits per heavy atom. The summed E-state index contributed by atoms with van der Waals surface area (Å²) in [6, 6.07) is 3.65. The van der Waals surface area contributed by atoms with Crippen LogP contribution in [0.2, 0.25) is 0 Å². The zero-order valence-electron chi connectivity index (χ0n) is 14.2. The van der Waals surface area contributed by atoms with Crippen molar-refractivity contribution in [2.75, 3.05) is 19.7 Å². The van der Waals surface area contributed by atoms with E-state index >= 15 is 0 Å². The Kier molecular flexibility index (Phi) is 6.06. The summed E-state index contributed by atoms with van der Waals surface area (Å²) in [5.41, 5.74) is 7.48. The molecule has 0 saturated carbocycles. The standard InChI is InChI=1S/C16H25F3N4O/c1-15(2,3)14-12(9-22-23-14)8-20-7-11-4-5-21-13(6-11)24-10-16(17,18)19/h4-6,12,14,20,22-23H,7-10H2,1-3H3. The third-order valence-corrected chi connectivity index (χ3v) is 3.94. The Hall–Kier alpha value is -1.38. The molecule has 1 aromatic heterocycles. The van der Waals surface area contributed by atoms with Gasteiger partial charge in [0, 0.05) is 43.9 Å². The molecule has 2 rings (SSSR count). The molecule has 0 aliphatic carbocycles. The third kappa shape index (κ3) is 5.92. The highest BCUT2D eigenvalue weighted by molar-refractivity contribution is 5.20. The van der Waals surface area contributed by atoms with Crippen molar-refractivity contribution in [1.82, 2.24) is 21.2 Å². The minimum absolute atomic E-state index is 0.0107. The topological polar surface area (TPSA) is 58.2 Å². The van der Waals surface area contributed by atoms with E-state index in [-0.39, 0.29) is 11.3 Å². The Morgan fingerprint density at radius 1 is 1.33 bits per heavy atom. The average Bonchev–Trinajstić information content (AvgIpc) is 2.94. The van der Waals surface area contributed by atoms with E-state index in [0.29, 0.717) is 18.5 Å². The molecule has 24 heavy (non-hydrogen) atoms. The van der Waals surface area contributed by atoms with Gasteiger partial charge in [-0.05, 0) is 17.0 Å². The van der Waals surface area contributed by atoms with Crippen LogP contribution in [0.15, 0.2) is 18.3 Å². The number of ether oxygens (including phenoxy) is 1. The van der Waals surface area contributed by atoms with Crippen LogP contribution in [0.4, 0.5) is 13.2 Å². The maximum Gasteiger partial charge on any atom is 0.422 e. The van der Waals surface area contributed by atoms with Gasteiger partial charge in [-0.1, -0.05) is 20.8 Å². The summed E-state index contributed by atoms with van der Waals surface area (Å²) in [6.45, 7) is 7.49. The van der Waals surface area contributed by atoms with Gasteiger partial charge in [0.1, 0.15) is 0 Å². The molecule has 1 saturated heterocycles. The van der Waals surface area contributed by atoms with E-state index < -0.39 is 12.8 Å². The molecule has 8 heteroatoms. The maximum atomic E-state index is 12.2. The van der Waals surface area contributed by atoms with E-state index in [1.54, 1.807) is 6.07 Å². The van der Waals surface area contributed by atoms with Crippen molar-refractivity contribution in [2.45, 2.75) is 39.5 Å². The molecule has 1 aromatic rings. The molecule has 0 amide bonds. The van der Waals surface area contributed by atoms with Gasteiger partial charge in [0.15, 0.2) is 6.61 Å². The smallest absolute Gasteiger partial charge is 0.422 e. The second-order valence-corrected chi connectivity index (χ2v) is 7.17. The van der Waals surface area contributed by atoms with E-state index in [1.807, 2.05) is 0 Å². The first-order valence-electron chi connectivity index (χ1n) is 7.99. The van der Waals surface area contributed by atoms with Crippen molar-refractivity contribution in [3.8, 4) is 5.88 Å². The van der Waals surface area contributed by atoms with Crippen LogP contribution in [0, 0.1) is 11.3 Å². The summed E-state index contributed by atoms with van der Waals surface area (Å²) < 4.78 is 41.2. The molecular formula is C16H25F3N4O. The first kappa shape index (κ1) is 19.0. The molecule has 0 radical (unpaired) electrons. The number of hydrogen-bond donors (Lipinski definition) is 3. The van der Waals surface area contributed by atoms with Gasteiger partial charge in [-0.2, -0.15) is 13.2 Å². The molecule has 3 N–H and O–H groups in total. The van der Waals surface area contributed by atoms with Gasteiger partial charge in [0.05, 0.1) is 0 Å². The predicted octanol–water partition coefficient (Wildman–Crippen LogP) is 2.25. The zero-order valence-corrected chi connectivity index (χ0v) is 14.2. The fourth-order valence-corrected chi connectivity index (χ4v) is 2.85. The lowest BCUT2D eigenvalue weighted by molar-refractivity contribution is -0.154.